The van der Waals surface area contributed by atoms with Crippen LogP contribution >= 0.6 is 11.3 Å². The van der Waals surface area contributed by atoms with Crippen LogP contribution < -0.4 is 5.32 Å². The highest BCUT2D eigenvalue weighted by molar-refractivity contribution is 7.13. The quantitative estimate of drug-likeness (QED) is 0.856. The van der Waals surface area contributed by atoms with Crippen LogP contribution in [0.3, 0.4) is 0 Å². The number of nitrogens with zero attached hydrogens (tertiary/aromatic N) is 2. The van der Waals surface area contributed by atoms with Crippen molar-refractivity contribution in [2.24, 2.45) is 0 Å². The molecule has 0 saturated heterocycles. The van der Waals surface area contributed by atoms with Gasteiger partial charge in [0.1, 0.15) is 0 Å². The molecule has 0 atom stereocenters. The second-order valence-corrected chi connectivity index (χ2v) is 5.09. The van der Waals surface area contributed by atoms with Crippen molar-refractivity contribution >= 4 is 17.2 Å². The predicted molar refractivity (Wildman–Crippen MR) is 72.3 cm³/mol. The first-order valence-corrected chi connectivity index (χ1v) is 6.53. The van der Waals surface area contributed by atoms with Crippen molar-refractivity contribution < 1.29 is 4.79 Å². The minimum absolute atomic E-state index is 0.0659. The molecule has 2 heterocycles. The summed E-state index contributed by atoms with van der Waals surface area (Å²) in [5.74, 6) is 0.0659. The maximum Gasteiger partial charge on any atom is 0.236 e. The Morgan fingerprint density at radius 3 is 3.06 bits per heavy atom. The summed E-state index contributed by atoms with van der Waals surface area (Å²) in [5, 5.41) is 12.2. The highest BCUT2D eigenvalue weighted by atomic mass is 32.1. The van der Waals surface area contributed by atoms with Gasteiger partial charge in [0.2, 0.25) is 5.91 Å². The minimum Gasteiger partial charge on any atom is -0.348 e. The molecule has 0 fully saturated rings. The van der Waals surface area contributed by atoms with Gasteiger partial charge in [0.15, 0.2) is 0 Å². The Kier molecular flexibility index (Phi) is 4.11. The van der Waals surface area contributed by atoms with Crippen molar-refractivity contribution in [3.05, 3.63) is 29.3 Å². The van der Waals surface area contributed by atoms with Gasteiger partial charge in [-0.3, -0.25) is 9.89 Å². The molecular weight excluding hydrogens is 248 g/mol. The third kappa shape index (κ3) is 2.96. The molecular formula is C12H16N4OS. The molecule has 2 aromatic rings. The Morgan fingerprint density at radius 1 is 1.56 bits per heavy atom. The lowest BCUT2D eigenvalue weighted by molar-refractivity contribution is -0.127. The molecule has 0 aliphatic heterocycles. The normalized spacial score (nSPS) is 10.6. The molecule has 0 aliphatic rings. The molecule has 0 aliphatic carbocycles. The minimum atomic E-state index is 0.0659. The van der Waals surface area contributed by atoms with E-state index in [-0.39, 0.29) is 5.91 Å². The van der Waals surface area contributed by atoms with E-state index in [4.69, 9.17) is 0 Å². The third-order valence-corrected chi connectivity index (χ3v) is 3.46. The second kappa shape index (κ2) is 5.79. The van der Waals surface area contributed by atoms with Crippen molar-refractivity contribution in [2.45, 2.75) is 6.54 Å². The number of likely N-dealkylation sites (N-methyl/N-ethyl adjacent to an activating group) is 1. The smallest absolute Gasteiger partial charge is 0.236 e. The Labute approximate surface area is 110 Å². The standard InChI is InChI=1S/C12H16N4OS/c1-16(2)11(17)8-13-6-9-7-14-15-12(9)10-4-3-5-18-10/h3-5,7,13H,6,8H2,1-2H3,(H,14,15). The summed E-state index contributed by atoms with van der Waals surface area (Å²) < 4.78 is 0. The fourth-order valence-corrected chi connectivity index (χ4v) is 2.30. The Morgan fingerprint density at radius 2 is 2.39 bits per heavy atom. The zero-order valence-electron chi connectivity index (χ0n) is 10.4. The van der Waals surface area contributed by atoms with E-state index >= 15 is 0 Å². The molecule has 5 nitrogen and oxygen atoms in total. The summed E-state index contributed by atoms with van der Waals surface area (Å²) in [5.41, 5.74) is 2.10. The lowest BCUT2D eigenvalue weighted by Gasteiger charge is -2.10. The number of hydrogen-bond acceptors (Lipinski definition) is 4. The molecule has 0 saturated carbocycles. The molecule has 18 heavy (non-hydrogen) atoms. The summed E-state index contributed by atoms with van der Waals surface area (Å²) in [6.07, 6.45) is 1.79. The molecule has 96 valence electrons. The van der Waals surface area contributed by atoms with E-state index in [1.807, 2.05) is 17.5 Å². The average molecular weight is 264 g/mol. The highest BCUT2D eigenvalue weighted by Gasteiger charge is 2.09. The third-order valence-electron chi connectivity index (χ3n) is 2.58. The Balaban J connectivity index is 1.95. The van der Waals surface area contributed by atoms with E-state index in [0.717, 1.165) is 16.1 Å². The number of amides is 1. The van der Waals surface area contributed by atoms with Gasteiger partial charge in [0.25, 0.3) is 0 Å². The van der Waals surface area contributed by atoms with Crippen molar-refractivity contribution in [1.82, 2.24) is 20.4 Å². The van der Waals surface area contributed by atoms with Crippen LogP contribution in [0.2, 0.25) is 0 Å². The van der Waals surface area contributed by atoms with Gasteiger partial charge in [0, 0.05) is 26.2 Å². The van der Waals surface area contributed by atoms with Gasteiger partial charge < -0.3 is 10.2 Å². The van der Waals surface area contributed by atoms with Gasteiger partial charge in [-0.25, -0.2) is 0 Å². The maximum atomic E-state index is 11.4. The highest BCUT2D eigenvalue weighted by Crippen LogP contribution is 2.25. The molecule has 6 heteroatoms. The molecule has 0 radical (unpaired) electrons. The average Bonchev–Trinajstić information content (AvgIpc) is 2.98. The molecule has 2 rings (SSSR count). The van der Waals surface area contributed by atoms with E-state index in [9.17, 15) is 4.79 Å². The van der Waals surface area contributed by atoms with Crippen molar-refractivity contribution in [1.29, 1.82) is 0 Å². The van der Waals surface area contributed by atoms with Gasteiger partial charge in [0.05, 0.1) is 23.3 Å². The summed E-state index contributed by atoms with van der Waals surface area (Å²) in [4.78, 5) is 14.2. The zero-order chi connectivity index (χ0) is 13.0. The van der Waals surface area contributed by atoms with E-state index < -0.39 is 0 Å². The summed E-state index contributed by atoms with van der Waals surface area (Å²) >= 11 is 1.67. The van der Waals surface area contributed by atoms with Gasteiger partial charge in [-0.1, -0.05) is 6.07 Å². The lowest BCUT2D eigenvalue weighted by Crippen LogP contribution is -2.32. The molecule has 1 amide bonds. The summed E-state index contributed by atoms with van der Waals surface area (Å²) in [6.45, 7) is 0.964. The number of nitrogens with one attached hydrogen (secondary N) is 2. The fourth-order valence-electron chi connectivity index (χ4n) is 1.54. The topological polar surface area (TPSA) is 61.0 Å². The fraction of sp³-hybridized carbons (Fsp3) is 0.333. The van der Waals surface area contributed by atoms with E-state index in [1.165, 1.54) is 0 Å². The molecule has 2 N–H and O–H groups in total. The van der Waals surface area contributed by atoms with Crippen LogP contribution in [-0.2, 0) is 11.3 Å². The van der Waals surface area contributed by atoms with Gasteiger partial charge in [-0.15, -0.1) is 11.3 Å². The maximum absolute atomic E-state index is 11.4. The predicted octanol–water partition coefficient (Wildman–Crippen LogP) is 1.32. The van der Waals surface area contributed by atoms with Crippen LogP contribution in [0, 0.1) is 0 Å². The molecule has 0 aromatic carbocycles. The summed E-state index contributed by atoms with van der Waals surface area (Å²) in [6, 6.07) is 4.06. The number of carbonyl (C=O) groups excluding carboxylic acids is 1. The van der Waals surface area contributed by atoms with Gasteiger partial charge in [-0.05, 0) is 11.4 Å². The van der Waals surface area contributed by atoms with E-state index in [0.29, 0.717) is 13.1 Å². The van der Waals surface area contributed by atoms with Crippen LogP contribution in [-0.4, -0.2) is 41.6 Å². The number of aromatic nitrogens is 2. The lowest BCUT2D eigenvalue weighted by atomic mass is 10.2. The Bertz CT molecular complexity index is 504. The Hall–Kier alpha value is -1.66. The van der Waals surface area contributed by atoms with Crippen molar-refractivity contribution in [2.75, 3.05) is 20.6 Å². The number of H-pyrrole nitrogens is 1. The van der Waals surface area contributed by atoms with Crippen LogP contribution in [0.25, 0.3) is 10.6 Å². The first-order valence-electron chi connectivity index (χ1n) is 5.65. The zero-order valence-corrected chi connectivity index (χ0v) is 11.3. The first kappa shape index (κ1) is 12.8. The van der Waals surface area contributed by atoms with Crippen molar-refractivity contribution in [3.8, 4) is 10.6 Å². The molecule has 0 spiro atoms. The van der Waals surface area contributed by atoms with Crippen molar-refractivity contribution in [3.63, 3.8) is 0 Å². The molecule has 0 unspecified atom stereocenters. The monoisotopic (exact) mass is 264 g/mol. The largest absolute Gasteiger partial charge is 0.348 e. The van der Waals surface area contributed by atoms with Crippen LogP contribution in [0.1, 0.15) is 5.56 Å². The van der Waals surface area contributed by atoms with E-state index in [2.05, 4.69) is 15.5 Å². The van der Waals surface area contributed by atoms with Crippen LogP contribution in [0.15, 0.2) is 23.7 Å². The molecule has 2 aromatic heterocycles. The molecule has 0 bridgehead atoms. The first-order chi connectivity index (χ1) is 8.68. The second-order valence-electron chi connectivity index (χ2n) is 4.14. The van der Waals surface area contributed by atoms with Gasteiger partial charge in [-0.2, -0.15) is 5.10 Å². The number of rotatable bonds is 5. The van der Waals surface area contributed by atoms with Crippen LogP contribution in [0.5, 0.6) is 0 Å². The number of hydrogen-bond donors (Lipinski definition) is 2. The van der Waals surface area contributed by atoms with Crippen LogP contribution in [0.4, 0.5) is 0 Å². The number of aromatic amines is 1. The summed E-state index contributed by atoms with van der Waals surface area (Å²) in [7, 11) is 3.50. The van der Waals surface area contributed by atoms with E-state index in [1.54, 1.807) is 36.5 Å². The SMILES string of the molecule is CN(C)C(=O)CNCc1cn[nH]c1-c1cccs1. The number of thiophene rings is 1. The van der Waals surface area contributed by atoms with Gasteiger partial charge >= 0.3 is 0 Å². The number of carbonyl (C=O) groups is 1.